The van der Waals surface area contributed by atoms with Crippen LogP contribution < -0.4 is 14.8 Å². The molecule has 2 amide bonds. The summed E-state index contributed by atoms with van der Waals surface area (Å²) in [5, 5.41) is 6.87. The second kappa shape index (κ2) is 7.63. The standard InChI is InChI=1S/C18H22N4O4/c23-18(22-9-6-13(7-10-22)17-20-12-25-21-17)19-8-5-14-11-24-15-3-1-2-4-16(15)26-14/h1-4,12-14H,5-11H2,(H,19,23)/t14-/m0/s1. The number of carbonyl (C=O) groups excluding carboxylic acids is 1. The molecule has 0 unspecified atom stereocenters. The van der Waals surface area contributed by atoms with Gasteiger partial charge in [-0.3, -0.25) is 0 Å². The average Bonchev–Trinajstić information content (AvgIpc) is 3.23. The molecule has 1 atom stereocenters. The molecule has 26 heavy (non-hydrogen) atoms. The Morgan fingerprint density at radius 2 is 2.04 bits per heavy atom. The van der Waals surface area contributed by atoms with Crippen molar-refractivity contribution in [3.63, 3.8) is 0 Å². The van der Waals surface area contributed by atoms with E-state index in [0.717, 1.165) is 30.2 Å². The van der Waals surface area contributed by atoms with E-state index in [0.29, 0.717) is 32.7 Å². The Balaban J connectivity index is 1.18. The van der Waals surface area contributed by atoms with E-state index in [2.05, 4.69) is 15.5 Å². The number of amides is 2. The second-order valence-corrected chi connectivity index (χ2v) is 6.57. The van der Waals surface area contributed by atoms with Gasteiger partial charge in [0.05, 0.1) is 0 Å². The first kappa shape index (κ1) is 16.7. The van der Waals surface area contributed by atoms with Gasteiger partial charge in [0.25, 0.3) is 0 Å². The van der Waals surface area contributed by atoms with E-state index in [-0.39, 0.29) is 18.1 Å². The molecule has 0 bridgehead atoms. The summed E-state index contributed by atoms with van der Waals surface area (Å²) in [6.07, 6.45) is 3.71. The minimum atomic E-state index is -0.0471. The molecule has 1 N–H and O–H groups in total. The Morgan fingerprint density at radius 1 is 1.23 bits per heavy atom. The third-order valence-corrected chi connectivity index (χ3v) is 4.84. The Labute approximate surface area is 151 Å². The van der Waals surface area contributed by atoms with Crippen molar-refractivity contribution >= 4 is 6.03 Å². The van der Waals surface area contributed by atoms with E-state index < -0.39 is 0 Å². The largest absolute Gasteiger partial charge is 0.486 e. The normalized spacial score (nSPS) is 20.0. The number of nitrogens with one attached hydrogen (secondary N) is 1. The molecule has 8 heteroatoms. The number of para-hydroxylation sites is 2. The van der Waals surface area contributed by atoms with Crippen molar-refractivity contribution in [2.45, 2.75) is 31.3 Å². The Kier molecular flexibility index (Phi) is 4.90. The summed E-state index contributed by atoms with van der Waals surface area (Å²) in [5.74, 6) is 2.54. The van der Waals surface area contributed by atoms with Crippen molar-refractivity contribution in [3.05, 3.63) is 36.5 Å². The number of urea groups is 1. The summed E-state index contributed by atoms with van der Waals surface area (Å²) < 4.78 is 16.4. The highest BCUT2D eigenvalue weighted by Crippen LogP contribution is 2.31. The zero-order valence-corrected chi connectivity index (χ0v) is 14.5. The quantitative estimate of drug-likeness (QED) is 0.901. The number of fused-ring (bicyclic) bond motifs is 1. The van der Waals surface area contributed by atoms with Crippen LogP contribution in [0.25, 0.3) is 0 Å². The molecule has 0 spiro atoms. The Hall–Kier alpha value is -2.77. The van der Waals surface area contributed by atoms with Crippen molar-refractivity contribution < 1.29 is 18.8 Å². The van der Waals surface area contributed by atoms with Crippen molar-refractivity contribution in [1.82, 2.24) is 20.4 Å². The summed E-state index contributed by atoms with van der Waals surface area (Å²) in [5.41, 5.74) is 0. The fraction of sp³-hybridized carbons (Fsp3) is 0.500. The predicted octanol–water partition coefficient (Wildman–Crippen LogP) is 2.19. The molecule has 2 aliphatic heterocycles. The van der Waals surface area contributed by atoms with Gasteiger partial charge in [-0.15, -0.1) is 0 Å². The van der Waals surface area contributed by atoms with Gasteiger partial charge in [0, 0.05) is 32.0 Å². The minimum absolute atomic E-state index is 0.0336. The summed E-state index contributed by atoms with van der Waals surface area (Å²) in [6, 6.07) is 7.60. The number of hydrogen-bond donors (Lipinski definition) is 1. The summed E-state index contributed by atoms with van der Waals surface area (Å²) in [6.45, 7) is 2.45. The lowest BCUT2D eigenvalue weighted by Crippen LogP contribution is -2.45. The molecular weight excluding hydrogens is 336 g/mol. The Bertz CT molecular complexity index is 729. The van der Waals surface area contributed by atoms with Gasteiger partial charge in [0.1, 0.15) is 12.7 Å². The van der Waals surface area contributed by atoms with Crippen LogP contribution in [-0.4, -0.2) is 53.4 Å². The predicted molar refractivity (Wildman–Crippen MR) is 92.2 cm³/mol. The smallest absolute Gasteiger partial charge is 0.317 e. The number of rotatable bonds is 4. The van der Waals surface area contributed by atoms with E-state index in [1.165, 1.54) is 6.39 Å². The SMILES string of the molecule is O=C(NCC[C@H]1COc2ccccc2O1)N1CCC(c2ncon2)CC1. The lowest BCUT2D eigenvalue weighted by atomic mass is 9.96. The van der Waals surface area contributed by atoms with Crippen molar-refractivity contribution in [2.75, 3.05) is 26.2 Å². The number of benzene rings is 1. The highest BCUT2D eigenvalue weighted by atomic mass is 16.6. The first-order valence-corrected chi connectivity index (χ1v) is 8.97. The molecule has 0 radical (unpaired) electrons. The molecule has 1 fully saturated rings. The molecule has 4 rings (SSSR count). The van der Waals surface area contributed by atoms with E-state index in [9.17, 15) is 4.79 Å². The number of ether oxygens (including phenoxy) is 2. The van der Waals surface area contributed by atoms with Crippen LogP contribution in [0.15, 0.2) is 35.2 Å². The number of likely N-dealkylation sites (tertiary alicyclic amines) is 1. The summed E-state index contributed by atoms with van der Waals surface area (Å²) in [4.78, 5) is 18.3. The van der Waals surface area contributed by atoms with Crippen LogP contribution in [0.5, 0.6) is 11.5 Å². The Morgan fingerprint density at radius 3 is 2.81 bits per heavy atom. The average molecular weight is 358 g/mol. The van der Waals surface area contributed by atoms with E-state index in [1.807, 2.05) is 29.2 Å². The number of piperidine rings is 1. The number of carbonyl (C=O) groups is 1. The van der Waals surface area contributed by atoms with Gasteiger partial charge in [0.2, 0.25) is 6.39 Å². The van der Waals surface area contributed by atoms with Crippen LogP contribution in [0.2, 0.25) is 0 Å². The molecule has 0 aliphatic carbocycles. The molecule has 138 valence electrons. The zero-order chi connectivity index (χ0) is 17.8. The maximum atomic E-state index is 12.3. The minimum Gasteiger partial charge on any atom is -0.486 e. The molecule has 1 aromatic heterocycles. The first-order valence-electron chi connectivity index (χ1n) is 8.97. The van der Waals surface area contributed by atoms with Gasteiger partial charge in [-0.05, 0) is 25.0 Å². The van der Waals surface area contributed by atoms with E-state index in [1.54, 1.807) is 0 Å². The highest BCUT2D eigenvalue weighted by molar-refractivity contribution is 5.74. The third-order valence-electron chi connectivity index (χ3n) is 4.84. The van der Waals surface area contributed by atoms with Crippen LogP contribution in [0.4, 0.5) is 4.79 Å². The van der Waals surface area contributed by atoms with Gasteiger partial charge < -0.3 is 24.2 Å². The van der Waals surface area contributed by atoms with Gasteiger partial charge in [-0.25, -0.2) is 4.79 Å². The van der Waals surface area contributed by atoms with Crippen LogP contribution in [0.1, 0.15) is 31.0 Å². The zero-order valence-electron chi connectivity index (χ0n) is 14.5. The van der Waals surface area contributed by atoms with Gasteiger partial charge in [-0.1, -0.05) is 17.3 Å². The van der Waals surface area contributed by atoms with Crippen LogP contribution in [0.3, 0.4) is 0 Å². The van der Waals surface area contributed by atoms with Crippen LogP contribution in [0, 0.1) is 0 Å². The van der Waals surface area contributed by atoms with Gasteiger partial charge in [-0.2, -0.15) is 4.98 Å². The van der Waals surface area contributed by atoms with Crippen LogP contribution in [-0.2, 0) is 0 Å². The van der Waals surface area contributed by atoms with Crippen molar-refractivity contribution in [2.24, 2.45) is 0 Å². The fourth-order valence-electron chi connectivity index (χ4n) is 3.36. The molecule has 0 saturated carbocycles. The van der Waals surface area contributed by atoms with Gasteiger partial charge in [0.15, 0.2) is 17.3 Å². The molecule has 2 aromatic rings. The molecule has 1 aromatic carbocycles. The summed E-state index contributed by atoms with van der Waals surface area (Å²) >= 11 is 0. The molecule has 8 nitrogen and oxygen atoms in total. The highest BCUT2D eigenvalue weighted by Gasteiger charge is 2.26. The number of hydrogen-bond acceptors (Lipinski definition) is 6. The second-order valence-electron chi connectivity index (χ2n) is 6.57. The lowest BCUT2D eigenvalue weighted by Gasteiger charge is -2.31. The molecular formula is C18H22N4O4. The lowest BCUT2D eigenvalue weighted by molar-refractivity contribution is 0.0848. The topological polar surface area (TPSA) is 89.7 Å². The van der Waals surface area contributed by atoms with Crippen molar-refractivity contribution in [1.29, 1.82) is 0 Å². The molecule has 1 saturated heterocycles. The van der Waals surface area contributed by atoms with Gasteiger partial charge >= 0.3 is 6.03 Å². The van der Waals surface area contributed by atoms with E-state index >= 15 is 0 Å². The van der Waals surface area contributed by atoms with E-state index in [4.69, 9.17) is 14.0 Å². The maximum Gasteiger partial charge on any atom is 0.317 e. The third kappa shape index (κ3) is 3.74. The molecule has 2 aliphatic rings. The summed E-state index contributed by atoms with van der Waals surface area (Å²) in [7, 11) is 0. The fourth-order valence-corrected chi connectivity index (χ4v) is 3.36. The maximum absolute atomic E-state index is 12.3. The van der Waals surface area contributed by atoms with Crippen LogP contribution >= 0.6 is 0 Å². The number of nitrogens with zero attached hydrogens (tertiary/aromatic N) is 3. The molecule has 3 heterocycles. The monoisotopic (exact) mass is 358 g/mol. The van der Waals surface area contributed by atoms with Crippen molar-refractivity contribution in [3.8, 4) is 11.5 Å². The number of aromatic nitrogens is 2. The first-order chi connectivity index (χ1) is 12.8.